The molecule has 0 radical (unpaired) electrons. The standard InChI is InChI=1S/C35H47N3O2/c1-22(2)27-15-12-16-28(23(3)4)34(27)36-37-38(35-29(24(5)6)17-13-18-30(35)25(7)8)21-26(9)33-31(39-10)19-14-20-32(33)40-11/h12-25H,1-11H3/b26-21+,37-36?. The Morgan fingerprint density at radius 1 is 0.650 bits per heavy atom. The van der Waals surface area contributed by atoms with Crippen molar-refractivity contribution in [3.63, 3.8) is 0 Å². The first-order valence-electron chi connectivity index (χ1n) is 14.4. The van der Waals surface area contributed by atoms with Crippen LogP contribution in [0.1, 0.15) is 114 Å². The van der Waals surface area contributed by atoms with Gasteiger partial charge in [0, 0.05) is 6.20 Å². The number of nitrogens with zero attached hydrogens (tertiary/aromatic N) is 3. The second kappa shape index (κ2) is 13.6. The van der Waals surface area contributed by atoms with Gasteiger partial charge in [-0.05, 0) is 70.6 Å². The predicted octanol–water partition coefficient (Wildman–Crippen LogP) is 10.8. The number of benzene rings is 3. The van der Waals surface area contributed by atoms with E-state index >= 15 is 0 Å². The lowest BCUT2D eigenvalue weighted by atomic mass is 9.92. The van der Waals surface area contributed by atoms with Crippen LogP contribution in [-0.2, 0) is 0 Å². The maximum absolute atomic E-state index is 5.74. The van der Waals surface area contributed by atoms with Crippen LogP contribution in [0.15, 0.2) is 71.1 Å². The van der Waals surface area contributed by atoms with Gasteiger partial charge in [-0.3, -0.25) is 0 Å². The highest BCUT2D eigenvalue weighted by atomic mass is 16.5. The van der Waals surface area contributed by atoms with E-state index in [0.29, 0.717) is 23.7 Å². The molecule has 0 bridgehead atoms. The van der Waals surface area contributed by atoms with Gasteiger partial charge >= 0.3 is 0 Å². The molecule has 3 aromatic carbocycles. The van der Waals surface area contributed by atoms with E-state index in [2.05, 4.69) is 105 Å². The molecular weight excluding hydrogens is 494 g/mol. The van der Waals surface area contributed by atoms with Crippen LogP contribution in [0.2, 0.25) is 0 Å². The van der Waals surface area contributed by atoms with Crippen LogP contribution in [-0.4, -0.2) is 14.2 Å². The largest absolute Gasteiger partial charge is 0.496 e. The molecule has 0 unspecified atom stereocenters. The van der Waals surface area contributed by atoms with Crippen LogP contribution in [0, 0.1) is 0 Å². The summed E-state index contributed by atoms with van der Waals surface area (Å²) >= 11 is 0. The van der Waals surface area contributed by atoms with Crippen molar-refractivity contribution in [1.82, 2.24) is 0 Å². The Labute approximate surface area is 241 Å². The molecule has 0 aliphatic heterocycles. The van der Waals surface area contributed by atoms with Crippen LogP contribution < -0.4 is 14.5 Å². The average molecular weight is 542 g/mol. The summed E-state index contributed by atoms with van der Waals surface area (Å²) in [6, 6.07) is 18.8. The third kappa shape index (κ3) is 6.75. The number of hydrogen-bond acceptors (Lipinski definition) is 4. The molecule has 0 spiro atoms. The summed E-state index contributed by atoms with van der Waals surface area (Å²) in [6.07, 6.45) is 2.06. The van der Waals surface area contributed by atoms with Crippen LogP contribution >= 0.6 is 0 Å². The number of anilines is 1. The maximum atomic E-state index is 5.74. The van der Waals surface area contributed by atoms with E-state index in [9.17, 15) is 0 Å². The number of rotatable bonds is 11. The lowest BCUT2D eigenvalue weighted by Gasteiger charge is -2.26. The molecule has 0 amide bonds. The van der Waals surface area contributed by atoms with E-state index in [-0.39, 0.29) is 0 Å². The average Bonchev–Trinajstić information content (AvgIpc) is 2.93. The lowest BCUT2D eigenvalue weighted by Crippen LogP contribution is -2.14. The molecule has 5 nitrogen and oxygen atoms in total. The van der Waals surface area contributed by atoms with Gasteiger partial charge < -0.3 is 9.47 Å². The Kier molecular flexibility index (Phi) is 10.6. The molecule has 0 aliphatic carbocycles. The van der Waals surface area contributed by atoms with E-state index in [1.807, 2.05) is 23.2 Å². The number of methoxy groups -OCH3 is 2. The van der Waals surface area contributed by atoms with Crippen LogP contribution in [0.5, 0.6) is 11.5 Å². The van der Waals surface area contributed by atoms with Gasteiger partial charge in [0.25, 0.3) is 0 Å². The zero-order valence-corrected chi connectivity index (χ0v) is 26.2. The van der Waals surface area contributed by atoms with Gasteiger partial charge in [-0.25, -0.2) is 5.01 Å². The highest BCUT2D eigenvalue weighted by molar-refractivity contribution is 5.77. The zero-order valence-electron chi connectivity index (χ0n) is 26.2. The molecule has 0 aliphatic rings. The monoisotopic (exact) mass is 541 g/mol. The fourth-order valence-corrected chi connectivity index (χ4v) is 5.12. The molecule has 0 saturated carbocycles. The van der Waals surface area contributed by atoms with Crippen LogP contribution in [0.3, 0.4) is 0 Å². The molecule has 40 heavy (non-hydrogen) atoms. The van der Waals surface area contributed by atoms with E-state index in [1.54, 1.807) is 14.2 Å². The second-order valence-corrected chi connectivity index (χ2v) is 11.6. The third-order valence-electron chi connectivity index (χ3n) is 7.29. The molecule has 0 heterocycles. The van der Waals surface area contributed by atoms with Crippen molar-refractivity contribution in [2.75, 3.05) is 19.2 Å². The number of allylic oxidation sites excluding steroid dienone is 1. The Hall–Kier alpha value is -3.60. The number of para-hydroxylation sites is 1. The smallest absolute Gasteiger partial charge is 0.130 e. The summed E-state index contributed by atoms with van der Waals surface area (Å²) in [5, 5.41) is 12.0. The Morgan fingerprint density at radius 2 is 1.05 bits per heavy atom. The fraction of sp³-hybridized carbons (Fsp3) is 0.429. The first-order chi connectivity index (χ1) is 19.0. The van der Waals surface area contributed by atoms with E-state index in [4.69, 9.17) is 19.8 Å². The SMILES string of the molecule is COc1cccc(OC)c1/C(C)=C/N(N=Nc1c(C(C)C)cccc1C(C)C)c1c(C(C)C)cccc1C(C)C. The number of ether oxygens (including phenoxy) is 2. The van der Waals surface area contributed by atoms with Gasteiger partial charge in [0.15, 0.2) is 0 Å². The van der Waals surface area contributed by atoms with Crippen molar-refractivity contribution in [2.24, 2.45) is 10.3 Å². The van der Waals surface area contributed by atoms with Gasteiger partial charge in [-0.2, -0.15) is 0 Å². The Morgan fingerprint density at radius 3 is 1.45 bits per heavy atom. The summed E-state index contributed by atoms with van der Waals surface area (Å²) in [6.45, 7) is 19.8. The van der Waals surface area contributed by atoms with E-state index in [1.165, 1.54) is 22.3 Å². The van der Waals surface area contributed by atoms with Crippen molar-refractivity contribution in [1.29, 1.82) is 0 Å². The summed E-state index contributed by atoms with van der Waals surface area (Å²) in [5.74, 6) is 2.75. The lowest BCUT2D eigenvalue weighted by molar-refractivity contribution is 0.392. The third-order valence-corrected chi connectivity index (χ3v) is 7.29. The Bertz CT molecular complexity index is 1280. The van der Waals surface area contributed by atoms with Crippen molar-refractivity contribution in [2.45, 2.75) is 86.0 Å². The predicted molar refractivity (Wildman–Crippen MR) is 169 cm³/mol. The molecule has 0 atom stereocenters. The molecule has 0 fully saturated rings. The summed E-state index contributed by atoms with van der Waals surface area (Å²) in [4.78, 5) is 0. The summed E-state index contributed by atoms with van der Waals surface area (Å²) in [5.41, 5.74) is 8.72. The molecule has 0 N–H and O–H groups in total. The minimum atomic E-state index is 0.301. The highest BCUT2D eigenvalue weighted by Crippen LogP contribution is 2.41. The summed E-state index contributed by atoms with van der Waals surface area (Å²) in [7, 11) is 3.37. The maximum Gasteiger partial charge on any atom is 0.130 e. The minimum Gasteiger partial charge on any atom is -0.496 e. The molecular formula is C35H47N3O2. The number of hydrogen-bond donors (Lipinski definition) is 0. The minimum absolute atomic E-state index is 0.301. The second-order valence-electron chi connectivity index (χ2n) is 11.6. The van der Waals surface area contributed by atoms with Crippen molar-refractivity contribution in [3.8, 4) is 11.5 Å². The zero-order chi connectivity index (χ0) is 29.6. The normalized spacial score (nSPS) is 12.3. The molecule has 214 valence electrons. The molecule has 3 aromatic rings. The van der Waals surface area contributed by atoms with Gasteiger partial charge in [0.1, 0.15) is 11.5 Å². The van der Waals surface area contributed by atoms with Crippen molar-refractivity contribution >= 4 is 16.9 Å². The molecule has 0 saturated heterocycles. The topological polar surface area (TPSA) is 46.4 Å². The highest BCUT2D eigenvalue weighted by Gasteiger charge is 2.21. The molecule has 0 aromatic heterocycles. The van der Waals surface area contributed by atoms with Crippen LogP contribution in [0.25, 0.3) is 5.57 Å². The van der Waals surface area contributed by atoms with Gasteiger partial charge in [0.2, 0.25) is 0 Å². The first-order valence-corrected chi connectivity index (χ1v) is 14.4. The Balaban J connectivity index is 2.36. The molecule has 3 rings (SSSR count). The first kappa shape index (κ1) is 30.9. The fourth-order valence-electron chi connectivity index (χ4n) is 5.12. The van der Waals surface area contributed by atoms with Gasteiger partial charge in [-0.1, -0.05) is 103 Å². The van der Waals surface area contributed by atoms with Crippen molar-refractivity contribution in [3.05, 3.63) is 88.6 Å². The van der Waals surface area contributed by atoms with Crippen LogP contribution in [0.4, 0.5) is 11.4 Å². The van der Waals surface area contributed by atoms with Gasteiger partial charge in [-0.15, -0.1) is 5.11 Å². The van der Waals surface area contributed by atoms with E-state index < -0.39 is 0 Å². The van der Waals surface area contributed by atoms with Crippen molar-refractivity contribution < 1.29 is 9.47 Å². The van der Waals surface area contributed by atoms with E-state index in [0.717, 1.165) is 34.0 Å². The van der Waals surface area contributed by atoms with Gasteiger partial charge in [0.05, 0.1) is 31.2 Å². The quantitative estimate of drug-likeness (QED) is 0.179. The molecule has 5 heteroatoms. The summed E-state index contributed by atoms with van der Waals surface area (Å²) < 4.78 is 11.5.